The number of aliphatic carboxylic acids is 1. The van der Waals surface area contributed by atoms with Gasteiger partial charge in [0.2, 0.25) is 0 Å². The van der Waals surface area contributed by atoms with E-state index in [1.807, 2.05) is 31.2 Å². The van der Waals surface area contributed by atoms with Crippen LogP contribution in [0.2, 0.25) is 5.02 Å². The molecule has 1 aliphatic carbocycles. The lowest BCUT2D eigenvalue weighted by Gasteiger charge is -2.39. The van der Waals surface area contributed by atoms with Gasteiger partial charge in [-0.15, -0.1) is 0 Å². The molecule has 2 unspecified atom stereocenters. The molecule has 4 nitrogen and oxygen atoms in total. The highest BCUT2D eigenvalue weighted by atomic mass is 35.5. The molecule has 5 heteroatoms. The van der Waals surface area contributed by atoms with Crippen molar-refractivity contribution < 1.29 is 19.4 Å². The average Bonchev–Trinajstić information content (AvgIpc) is 2.87. The molecule has 0 radical (unpaired) electrons. The van der Waals surface area contributed by atoms with Crippen molar-refractivity contribution in [3.8, 4) is 16.9 Å². The number of fused-ring (bicyclic) bond motifs is 1. The molecule has 0 amide bonds. The van der Waals surface area contributed by atoms with Gasteiger partial charge in [0.05, 0.1) is 12.0 Å². The van der Waals surface area contributed by atoms with Crippen LogP contribution in [0.25, 0.3) is 11.1 Å². The van der Waals surface area contributed by atoms with Gasteiger partial charge >= 0.3 is 5.97 Å². The summed E-state index contributed by atoms with van der Waals surface area (Å²) in [6.07, 6.45) is 2.70. The molecule has 0 heterocycles. The van der Waals surface area contributed by atoms with Crippen LogP contribution in [0.3, 0.4) is 0 Å². The summed E-state index contributed by atoms with van der Waals surface area (Å²) in [6, 6.07) is 20.4. The summed E-state index contributed by atoms with van der Waals surface area (Å²) in [5.74, 6) is -0.471. The Morgan fingerprint density at radius 1 is 1.11 bits per heavy atom. The third kappa shape index (κ3) is 5.77. The maximum absolute atomic E-state index is 11.9. The van der Waals surface area contributed by atoms with Crippen molar-refractivity contribution in [1.82, 2.24) is 0 Å². The number of carboxylic acid groups (broad SMARTS) is 1. The first-order valence-electron chi connectivity index (χ1n) is 13.3. The second-order valence-electron chi connectivity index (χ2n) is 11.9. The van der Waals surface area contributed by atoms with Gasteiger partial charge in [0.25, 0.3) is 0 Å². The lowest BCUT2D eigenvalue weighted by Crippen LogP contribution is -2.38. The van der Waals surface area contributed by atoms with Gasteiger partial charge < -0.3 is 14.6 Å². The van der Waals surface area contributed by atoms with E-state index in [1.165, 1.54) is 5.56 Å². The maximum Gasteiger partial charge on any atom is 0.307 e. The van der Waals surface area contributed by atoms with Crippen molar-refractivity contribution in [3.05, 3.63) is 87.9 Å². The Labute approximate surface area is 232 Å². The fourth-order valence-electron chi connectivity index (χ4n) is 5.85. The van der Waals surface area contributed by atoms with Crippen molar-refractivity contribution in [2.75, 3.05) is 7.11 Å². The van der Waals surface area contributed by atoms with Crippen molar-refractivity contribution >= 4 is 17.6 Å². The zero-order valence-electron chi connectivity index (χ0n) is 23.3. The molecule has 1 aliphatic rings. The fraction of sp³-hybridized carbons (Fsp3) is 0.424. The minimum absolute atomic E-state index is 0.120. The number of carbonyl (C=O) groups is 1. The molecule has 0 saturated carbocycles. The number of rotatable bonds is 8. The Kier molecular flexibility index (Phi) is 8.25. The van der Waals surface area contributed by atoms with E-state index in [2.05, 4.69) is 64.1 Å². The lowest BCUT2D eigenvalue weighted by molar-refractivity contribution is -0.143. The molecule has 0 spiro atoms. The van der Waals surface area contributed by atoms with E-state index in [1.54, 1.807) is 7.11 Å². The Hall–Kier alpha value is -2.82. The van der Waals surface area contributed by atoms with Crippen molar-refractivity contribution in [2.24, 2.45) is 11.3 Å². The van der Waals surface area contributed by atoms with Crippen LogP contribution >= 0.6 is 11.6 Å². The van der Waals surface area contributed by atoms with Crippen LogP contribution in [0.5, 0.6) is 5.75 Å². The highest BCUT2D eigenvalue weighted by Crippen LogP contribution is 2.44. The van der Waals surface area contributed by atoms with Gasteiger partial charge in [0, 0.05) is 17.5 Å². The van der Waals surface area contributed by atoms with E-state index in [0.717, 1.165) is 52.8 Å². The fourth-order valence-corrected chi connectivity index (χ4v) is 6.04. The first kappa shape index (κ1) is 28.2. The zero-order valence-corrected chi connectivity index (χ0v) is 24.1. The molecule has 0 aliphatic heterocycles. The number of methoxy groups -OCH3 is 1. The Balaban J connectivity index is 1.66. The van der Waals surface area contributed by atoms with Gasteiger partial charge in [0.1, 0.15) is 12.4 Å². The van der Waals surface area contributed by atoms with Gasteiger partial charge in [-0.25, -0.2) is 0 Å². The van der Waals surface area contributed by atoms with Gasteiger partial charge in [-0.3, -0.25) is 4.79 Å². The third-order valence-electron chi connectivity index (χ3n) is 8.13. The number of hydrogen-bond donors (Lipinski definition) is 1. The van der Waals surface area contributed by atoms with Gasteiger partial charge in [0.15, 0.2) is 0 Å². The highest BCUT2D eigenvalue weighted by molar-refractivity contribution is 6.30. The molecule has 3 aromatic carbocycles. The monoisotopic (exact) mass is 534 g/mol. The minimum Gasteiger partial charge on any atom is -0.489 e. The van der Waals surface area contributed by atoms with E-state index in [0.29, 0.717) is 11.6 Å². The van der Waals surface area contributed by atoms with Crippen LogP contribution in [0, 0.1) is 11.3 Å². The SMILES string of the molecule is COC(c1cc(COc2ccc3c(c2)[C@](C)(C(C)C(=O)O)CCC3)ccc1-c1cccc(Cl)c1)C(C)(C)C. The molecule has 3 atom stereocenters. The predicted octanol–water partition coefficient (Wildman–Crippen LogP) is 8.63. The van der Waals surface area contributed by atoms with Crippen molar-refractivity contribution in [1.29, 1.82) is 0 Å². The summed E-state index contributed by atoms with van der Waals surface area (Å²) in [5.41, 5.74) is 6.06. The van der Waals surface area contributed by atoms with Crippen molar-refractivity contribution in [3.63, 3.8) is 0 Å². The zero-order chi connectivity index (χ0) is 27.7. The predicted molar refractivity (Wildman–Crippen MR) is 154 cm³/mol. The molecule has 0 saturated heterocycles. The topological polar surface area (TPSA) is 55.8 Å². The van der Waals surface area contributed by atoms with Gasteiger partial charge in [-0.1, -0.05) is 76.6 Å². The van der Waals surface area contributed by atoms with Crippen LogP contribution in [-0.2, 0) is 28.0 Å². The molecule has 1 N–H and O–H groups in total. The smallest absolute Gasteiger partial charge is 0.307 e. The molecular formula is C33H39ClO4. The van der Waals surface area contributed by atoms with E-state index in [9.17, 15) is 9.90 Å². The lowest BCUT2D eigenvalue weighted by atomic mass is 9.64. The summed E-state index contributed by atoms with van der Waals surface area (Å²) < 4.78 is 12.3. The Bertz CT molecular complexity index is 1310. The summed E-state index contributed by atoms with van der Waals surface area (Å²) >= 11 is 6.32. The Morgan fingerprint density at radius 3 is 2.53 bits per heavy atom. The number of hydrogen-bond acceptors (Lipinski definition) is 3. The molecule has 0 fully saturated rings. The molecule has 3 aromatic rings. The maximum atomic E-state index is 11.9. The molecule has 0 aromatic heterocycles. The van der Waals surface area contributed by atoms with Crippen molar-refractivity contribution in [2.45, 2.75) is 72.0 Å². The number of aryl methyl sites for hydroxylation is 1. The van der Waals surface area contributed by atoms with Crippen LogP contribution in [0.15, 0.2) is 60.7 Å². The molecule has 38 heavy (non-hydrogen) atoms. The molecule has 202 valence electrons. The number of halogens is 1. The third-order valence-corrected chi connectivity index (χ3v) is 8.36. The standard InChI is InChI=1S/C33H39ClO4/c1-21(31(35)36)33(5)16-8-10-23-13-14-26(19-29(23)33)38-20-22-12-15-27(24-9-7-11-25(34)18-24)28(17-22)30(37-6)32(2,3)4/h7,9,11-15,17-19,21,30H,8,10,16,20H2,1-6H3,(H,35,36)/t21?,30?,33-/m0/s1. The number of carboxylic acids is 1. The first-order chi connectivity index (χ1) is 17.9. The normalized spacial score (nSPS) is 18.9. The minimum atomic E-state index is -0.759. The number of benzene rings is 3. The summed E-state index contributed by atoms with van der Waals surface area (Å²) in [6.45, 7) is 10.8. The van der Waals surface area contributed by atoms with Crippen LogP contribution in [0.1, 0.15) is 75.8 Å². The molecule has 0 bridgehead atoms. The quantitative estimate of drug-likeness (QED) is 0.314. The summed E-state index contributed by atoms with van der Waals surface area (Å²) in [5, 5.41) is 10.5. The van der Waals surface area contributed by atoms with Crippen LogP contribution in [-0.4, -0.2) is 18.2 Å². The summed E-state index contributed by atoms with van der Waals surface area (Å²) in [7, 11) is 1.75. The van der Waals surface area contributed by atoms with E-state index >= 15 is 0 Å². The van der Waals surface area contributed by atoms with Gasteiger partial charge in [-0.2, -0.15) is 0 Å². The largest absolute Gasteiger partial charge is 0.489 e. The highest BCUT2D eigenvalue weighted by Gasteiger charge is 2.40. The van der Waals surface area contributed by atoms with E-state index in [4.69, 9.17) is 21.1 Å². The van der Waals surface area contributed by atoms with E-state index in [-0.39, 0.29) is 11.5 Å². The van der Waals surface area contributed by atoms with E-state index < -0.39 is 17.3 Å². The first-order valence-corrected chi connectivity index (χ1v) is 13.7. The second-order valence-corrected chi connectivity index (χ2v) is 12.3. The Morgan fingerprint density at radius 2 is 1.87 bits per heavy atom. The molecule has 4 rings (SSSR count). The van der Waals surface area contributed by atoms with Crippen LogP contribution < -0.4 is 4.74 Å². The van der Waals surface area contributed by atoms with Gasteiger partial charge in [-0.05, 0) is 88.4 Å². The number of ether oxygens (including phenoxy) is 2. The average molecular weight is 535 g/mol. The van der Waals surface area contributed by atoms with Crippen LogP contribution in [0.4, 0.5) is 0 Å². The second kappa shape index (κ2) is 11.1. The molecular weight excluding hydrogens is 496 g/mol. The summed E-state index contributed by atoms with van der Waals surface area (Å²) in [4.78, 5) is 11.9.